The van der Waals surface area contributed by atoms with Crippen LogP contribution in [0.25, 0.3) is 0 Å². The second kappa shape index (κ2) is 14.6. The number of aromatic nitrogens is 1. The number of pyridine rings is 1. The summed E-state index contributed by atoms with van der Waals surface area (Å²) in [5.41, 5.74) is 8.66. The van der Waals surface area contributed by atoms with Crippen LogP contribution in [0, 0.1) is 0 Å². The Morgan fingerprint density at radius 3 is 2.47 bits per heavy atom. The minimum absolute atomic E-state index is 0.260. The van der Waals surface area contributed by atoms with Crippen LogP contribution >= 0.6 is 0 Å². The molecule has 0 spiro atoms. The van der Waals surface area contributed by atoms with E-state index in [0.29, 0.717) is 29.4 Å². The number of nitrogens with one attached hydrogen (secondary N) is 3. The standard InChI is InChI=1S/C29H38N6O3/c1-4-35(5-2)18-10-15-25(34-29(37)32-22-11-9-12-23(19-22)38-6-3)21-16-17-27(31-20-21)28(36)33-26-14-8-7-13-24(26)30/h7-9,11-14,16-17,19-20,25H,4-6,10,15,18,30H2,1-3H3,(H,33,36)(H2,32,34,37). The predicted molar refractivity (Wildman–Crippen MR) is 153 cm³/mol. The lowest BCUT2D eigenvalue weighted by Gasteiger charge is -2.22. The summed E-state index contributed by atoms with van der Waals surface area (Å²) in [7, 11) is 0. The van der Waals surface area contributed by atoms with Crippen LogP contribution in [0.15, 0.2) is 66.9 Å². The first-order chi connectivity index (χ1) is 18.4. The van der Waals surface area contributed by atoms with Crippen LogP contribution < -0.4 is 26.4 Å². The van der Waals surface area contributed by atoms with Gasteiger partial charge in [0.1, 0.15) is 11.4 Å². The van der Waals surface area contributed by atoms with E-state index in [-0.39, 0.29) is 23.7 Å². The molecule has 0 saturated carbocycles. The molecule has 1 aromatic heterocycles. The smallest absolute Gasteiger partial charge is 0.319 e. The number of nitrogens with two attached hydrogens (primary N) is 1. The van der Waals surface area contributed by atoms with Gasteiger partial charge in [0.2, 0.25) is 0 Å². The first-order valence-electron chi connectivity index (χ1n) is 13.1. The fourth-order valence-electron chi connectivity index (χ4n) is 4.08. The molecule has 202 valence electrons. The van der Waals surface area contributed by atoms with Gasteiger partial charge in [-0.3, -0.25) is 9.78 Å². The third-order valence-electron chi connectivity index (χ3n) is 6.20. The zero-order chi connectivity index (χ0) is 27.3. The molecule has 0 aliphatic rings. The minimum Gasteiger partial charge on any atom is -0.494 e. The molecule has 2 aromatic carbocycles. The maximum absolute atomic E-state index is 12.9. The first kappa shape index (κ1) is 28.5. The number of amides is 3. The van der Waals surface area contributed by atoms with Crippen molar-refractivity contribution in [3.8, 4) is 5.75 Å². The van der Waals surface area contributed by atoms with Gasteiger partial charge in [0, 0.05) is 18.0 Å². The summed E-state index contributed by atoms with van der Waals surface area (Å²) in [6.45, 7) is 9.61. The number of nitrogens with zero attached hydrogens (tertiary/aromatic N) is 2. The lowest BCUT2D eigenvalue weighted by atomic mass is 10.0. The molecule has 5 N–H and O–H groups in total. The fraction of sp³-hybridized carbons (Fsp3) is 0.345. The Morgan fingerprint density at radius 2 is 1.79 bits per heavy atom. The maximum Gasteiger partial charge on any atom is 0.319 e. The van der Waals surface area contributed by atoms with Crippen LogP contribution in [0.2, 0.25) is 0 Å². The highest BCUT2D eigenvalue weighted by molar-refractivity contribution is 6.04. The Morgan fingerprint density at radius 1 is 1.00 bits per heavy atom. The minimum atomic E-state index is -0.354. The summed E-state index contributed by atoms with van der Waals surface area (Å²) in [4.78, 5) is 32.3. The third kappa shape index (κ3) is 8.48. The summed E-state index contributed by atoms with van der Waals surface area (Å²) >= 11 is 0. The Bertz CT molecular complexity index is 1180. The number of carbonyl (C=O) groups excluding carboxylic acids is 2. The van der Waals surface area contributed by atoms with Crippen molar-refractivity contribution in [2.75, 3.05) is 42.6 Å². The largest absolute Gasteiger partial charge is 0.494 e. The summed E-state index contributed by atoms with van der Waals surface area (Å²) in [5, 5.41) is 8.75. The van der Waals surface area contributed by atoms with Crippen molar-refractivity contribution < 1.29 is 14.3 Å². The van der Waals surface area contributed by atoms with Crippen LogP contribution in [-0.4, -0.2) is 48.1 Å². The zero-order valence-electron chi connectivity index (χ0n) is 22.4. The number of para-hydroxylation sites is 2. The predicted octanol–water partition coefficient (Wildman–Crippen LogP) is 5.30. The Balaban J connectivity index is 1.70. The highest BCUT2D eigenvalue weighted by Crippen LogP contribution is 2.22. The molecule has 1 heterocycles. The molecular weight excluding hydrogens is 480 g/mol. The molecule has 1 unspecified atom stereocenters. The molecule has 0 bridgehead atoms. The van der Waals surface area contributed by atoms with Gasteiger partial charge in [0.05, 0.1) is 24.0 Å². The Kier molecular flexibility index (Phi) is 10.9. The number of rotatable bonds is 13. The highest BCUT2D eigenvalue weighted by Gasteiger charge is 2.17. The summed E-state index contributed by atoms with van der Waals surface area (Å²) in [6.07, 6.45) is 3.25. The Hall–Kier alpha value is -4.11. The van der Waals surface area contributed by atoms with Crippen molar-refractivity contribution >= 4 is 29.0 Å². The topological polar surface area (TPSA) is 122 Å². The van der Waals surface area contributed by atoms with Gasteiger partial charge < -0.3 is 31.3 Å². The molecule has 3 aromatic rings. The number of ether oxygens (including phenoxy) is 1. The van der Waals surface area contributed by atoms with Crippen molar-refractivity contribution in [3.63, 3.8) is 0 Å². The second-order valence-electron chi connectivity index (χ2n) is 8.80. The number of benzene rings is 2. The van der Waals surface area contributed by atoms with Gasteiger partial charge in [0.25, 0.3) is 5.91 Å². The van der Waals surface area contributed by atoms with Crippen LogP contribution in [0.4, 0.5) is 21.9 Å². The number of nitrogen functional groups attached to an aromatic ring is 1. The van der Waals surface area contributed by atoms with Gasteiger partial charge in [-0.1, -0.05) is 38.1 Å². The molecule has 38 heavy (non-hydrogen) atoms. The van der Waals surface area contributed by atoms with Gasteiger partial charge in [0.15, 0.2) is 0 Å². The van der Waals surface area contributed by atoms with Gasteiger partial charge in [-0.25, -0.2) is 4.79 Å². The first-order valence-corrected chi connectivity index (χ1v) is 13.1. The quantitative estimate of drug-likeness (QED) is 0.228. The Labute approximate surface area is 224 Å². The van der Waals surface area contributed by atoms with Gasteiger partial charge in [-0.2, -0.15) is 0 Å². The van der Waals surface area contributed by atoms with E-state index in [0.717, 1.165) is 38.0 Å². The molecule has 1 atom stereocenters. The van der Waals surface area contributed by atoms with E-state index in [1.54, 1.807) is 42.6 Å². The monoisotopic (exact) mass is 518 g/mol. The zero-order valence-corrected chi connectivity index (χ0v) is 22.4. The number of anilines is 3. The van der Waals surface area contributed by atoms with Crippen LogP contribution in [0.3, 0.4) is 0 Å². The molecule has 0 radical (unpaired) electrons. The number of urea groups is 1. The van der Waals surface area contributed by atoms with Crippen LogP contribution in [0.1, 0.15) is 55.7 Å². The molecule has 0 fully saturated rings. The SMILES string of the molecule is CCOc1cccc(NC(=O)NC(CCCN(CC)CC)c2ccc(C(=O)Nc3ccccc3N)nc2)c1. The average molecular weight is 519 g/mol. The number of carbonyl (C=O) groups is 2. The number of hydrogen-bond acceptors (Lipinski definition) is 6. The highest BCUT2D eigenvalue weighted by atomic mass is 16.5. The molecule has 0 saturated heterocycles. The summed E-state index contributed by atoms with van der Waals surface area (Å²) in [6, 6.07) is 17.2. The molecule has 3 amide bonds. The van der Waals surface area contributed by atoms with Crippen LogP contribution in [-0.2, 0) is 0 Å². The molecule has 9 heteroatoms. The van der Waals surface area contributed by atoms with Crippen molar-refractivity contribution in [1.29, 1.82) is 0 Å². The van der Waals surface area contributed by atoms with E-state index in [1.807, 2.05) is 31.2 Å². The van der Waals surface area contributed by atoms with Crippen LogP contribution in [0.5, 0.6) is 5.75 Å². The van der Waals surface area contributed by atoms with Gasteiger partial charge in [-0.15, -0.1) is 0 Å². The molecule has 3 rings (SSSR count). The summed E-state index contributed by atoms with van der Waals surface area (Å²) in [5.74, 6) is 0.337. The molecule has 9 nitrogen and oxygen atoms in total. The number of hydrogen-bond donors (Lipinski definition) is 4. The maximum atomic E-state index is 12.9. The lowest BCUT2D eigenvalue weighted by molar-refractivity contribution is 0.102. The van der Waals surface area contributed by atoms with E-state index in [9.17, 15) is 9.59 Å². The normalized spacial score (nSPS) is 11.6. The molecular formula is C29H38N6O3. The van der Waals surface area contributed by atoms with E-state index in [4.69, 9.17) is 10.5 Å². The van der Waals surface area contributed by atoms with E-state index in [1.165, 1.54) is 0 Å². The van der Waals surface area contributed by atoms with Crippen molar-refractivity contribution in [3.05, 3.63) is 78.1 Å². The third-order valence-corrected chi connectivity index (χ3v) is 6.20. The van der Waals surface area contributed by atoms with E-state index < -0.39 is 0 Å². The molecule has 0 aliphatic heterocycles. The lowest BCUT2D eigenvalue weighted by Crippen LogP contribution is -2.33. The van der Waals surface area contributed by atoms with E-state index >= 15 is 0 Å². The van der Waals surface area contributed by atoms with Crippen molar-refractivity contribution in [1.82, 2.24) is 15.2 Å². The van der Waals surface area contributed by atoms with Crippen molar-refractivity contribution in [2.45, 2.75) is 39.7 Å². The second-order valence-corrected chi connectivity index (χ2v) is 8.80. The van der Waals surface area contributed by atoms with Gasteiger partial charge in [-0.05, 0) is 75.3 Å². The fourth-order valence-corrected chi connectivity index (χ4v) is 4.08. The van der Waals surface area contributed by atoms with Crippen molar-refractivity contribution in [2.24, 2.45) is 0 Å². The average Bonchev–Trinajstić information content (AvgIpc) is 2.92. The molecule has 0 aliphatic carbocycles. The van der Waals surface area contributed by atoms with E-state index in [2.05, 4.69) is 39.7 Å². The van der Waals surface area contributed by atoms with Gasteiger partial charge >= 0.3 is 6.03 Å². The summed E-state index contributed by atoms with van der Waals surface area (Å²) < 4.78 is 5.53.